The molecule has 3 heteroatoms. The lowest BCUT2D eigenvalue weighted by Crippen LogP contribution is -2.22. The van der Waals surface area contributed by atoms with Crippen molar-refractivity contribution in [1.29, 1.82) is 0 Å². The Morgan fingerprint density at radius 1 is 1.56 bits per heavy atom. The number of methoxy groups -OCH3 is 1. The van der Waals surface area contributed by atoms with Crippen LogP contribution in [0.3, 0.4) is 0 Å². The zero-order chi connectivity index (χ0) is 7.11. The topological polar surface area (TPSA) is 55.5 Å². The van der Waals surface area contributed by atoms with Crippen molar-refractivity contribution in [3.63, 3.8) is 0 Å². The normalized spacial score (nSPS) is 13.7. The summed E-state index contributed by atoms with van der Waals surface area (Å²) < 4.78 is 4.80. The van der Waals surface area contributed by atoms with Gasteiger partial charge < -0.3 is 15.6 Å². The third kappa shape index (κ3) is 5.76. The molecule has 0 aliphatic heterocycles. The second-order valence-corrected chi connectivity index (χ2v) is 2.05. The largest absolute Gasteiger partial charge is 0.396 e. The monoisotopic (exact) mass is 133 g/mol. The van der Waals surface area contributed by atoms with Crippen molar-refractivity contribution in [1.82, 2.24) is 0 Å². The molecule has 9 heavy (non-hydrogen) atoms. The van der Waals surface area contributed by atoms with Gasteiger partial charge in [0, 0.05) is 26.4 Å². The molecule has 0 aromatic carbocycles. The standard InChI is InChI=1S/C6H15NO2/c1-9-5-3-6(7)2-4-8/h6,8H,2-5,7H2,1H3. The molecule has 0 saturated heterocycles. The molecule has 0 heterocycles. The first kappa shape index (κ1) is 8.88. The maximum Gasteiger partial charge on any atom is 0.0477 e. The Morgan fingerprint density at radius 3 is 2.67 bits per heavy atom. The average molecular weight is 133 g/mol. The first-order chi connectivity index (χ1) is 4.31. The van der Waals surface area contributed by atoms with Crippen LogP contribution in [0, 0.1) is 0 Å². The molecule has 0 aliphatic carbocycles. The lowest BCUT2D eigenvalue weighted by Gasteiger charge is -2.07. The molecule has 0 amide bonds. The summed E-state index contributed by atoms with van der Waals surface area (Å²) in [6.45, 7) is 0.853. The van der Waals surface area contributed by atoms with E-state index in [0.29, 0.717) is 13.0 Å². The molecule has 3 N–H and O–H groups in total. The summed E-state index contributed by atoms with van der Waals surface area (Å²) in [6, 6.07) is 0.0925. The number of aliphatic hydroxyl groups is 1. The van der Waals surface area contributed by atoms with Crippen molar-refractivity contribution in [3.8, 4) is 0 Å². The number of rotatable bonds is 5. The van der Waals surface area contributed by atoms with Gasteiger partial charge in [-0.1, -0.05) is 0 Å². The van der Waals surface area contributed by atoms with Gasteiger partial charge in [-0.2, -0.15) is 0 Å². The van der Waals surface area contributed by atoms with Gasteiger partial charge in [0.15, 0.2) is 0 Å². The molecule has 0 spiro atoms. The van der Waals surface area contributed by atoms with Crippen LogP contribution in [-0.2, 0) is 4.74 Å². The molecule has 0 rings (SSSR count). The smallest absolute Gasteiger partial charge is 0.0477 e. The predicted octanol–water partition coefficient (Wildman–Crippen LogP) is -0.267. The first-order valence-electron chi connectivity index (χ1n) is 3.16. The number of aliphatic hydroxyl groups excluding tert-OH is 1. The Hall–Kier alpha value is -0.120. The van der Waals surface area contributed by atoms with Gasteiger partial charge in [0.2, 0.25) is 0 Å². The van der Waals surface area contributed by atoms with Gasteiger partial charge in [0.25, 0.3) is 0 Å². The van der Waals surface area contributed by atoms with E-state index in [4.69, 9.17) is 15.6 Å². The van der Waals surface area contributed by atoms with Crippen molar-refractivity contribution in [2.24, 2.45) is 5.73 Å². The van der Waals surface area contributed by atoms with Crippen LogP contribution in [0.15, 0.2) is 0 Å². The summed E-state index contributed by atoms with van der Waals surface area (Å²) in [5.74, 6) is 0. The van der Waals surface area contributed by atoms with Crippen LogP contribution in [-0.4, -0.2) is 31.5 Å². The van der Waals surface area contributed by atoms with E-state index in [1.807, 2.05) is 0 Å². The van der Waals surface area contributed by atoms with Crippen molar-refractivity contribution < 1.29 is 9.84 Å². The van der Waals surface area contributed by atoms with E-state index in [2.05, 4.69) is 0 Å². The van der Waals surface area contributed by atoms with Gasteiger partial charge >= 0.3 is 0 Å². The van der Waals surface area contributed by atoms with Crippen LogP contribution in [0.1, 0.15) is 12.8 Å². The van der Waals surface area contributed by atoms with Gasteiger partial charge in [-0.25, -0.2) is 0 Å². The molecule has 56 valence electrons. The average Bonchev–Trinajstić information content (AvgIpc) is 1.85. The fraction of sp³-hybridized carbons (Fsp3) is 1.00. The molecule has 0 aliphatic rings. The van der Waals surface area contributed by atoms with Crippen LogP contribution in [0.5, 0.6) is 0 Å². The Balaban J connectivity index is 2.95. The molecule has 0 saturated carbocycles. The number of nitrogens with two attached hydrogens (primary N) is 1. The second kappa shape index (κ2) is 6.01. The third-order valence-corrected chi connectivity index (χ3v) is 1.19. The van der Waals surface area contributed by atoms with Crippen LogP contribution < -0.4 is 5.73 Å². The van der Waals surface area contributed by atoms with E-state index in [9.17, 15) is 0 Å². The van der Waals surface area contributed by atoms with Gasteiger partial charge in [0.05, 0.1) is 0 Å². The molecule has 0 aromatic rings. The van der Waals surface area contributed by atoms with Crippen LogP contribution >= 0.6 is 0 Å². The molecule has 0 fully saturated rings. The van der Waals surface area contributed by atoms with E-state index in [1.165, 1.54) is 0 Å². The summed E-state index contributed by atoms with van der Waals surface area (Å²) in [7, 11) is 1.64. The van der Waals surface area contributed by atoms with Gasteiger partial charge in [-0.15, -0.1) is 0 Å². The first-order valence-corrected chi connectivity index (χ1v) is 3.16. The lowest BCUT2D eigenvalue weighted by atomic mass is 10.2. The Kier molecular flexibility index (Phi) is 5.93. The fourth-order valence-electron chi connectivity index (χ4n) is 0.579. The highest BCUT2D eigenvalue weighted by atomic mass is 16.5. The molecule has 0 aromatic heterocycles. The van der Waals surface area contributed by atoms with E-state index in [0.717, 1.165) is 6.42 Å². The highest BCUT2D eigenvalue weighted by molar-refractivity contribution is 4.58. The highest BCUT2D eigenvalue weighted by Gasteiger charge is 1.98. The van der Waals surface area contributed by atoms with Crippen molar-refractivity contribution in [2.75, 3.05) is 20.3 Å². The SMILES string of the molecule is COCCC(N)CCO. The minimum Gasteiger partial charge on any atom is -0.396 e. The molecule has 3 nitrogen and oxygen atoms in total. The third-order valence-electron chi connectivity index (χ3n) is 1.19. The van der Waals surface area contributed by atoms with E-state index in [1.54, 1.807) is 7.11 Å². The van der Waals surface area contributed by atoms with Crippen molar-refractivity contribution in [3.05, 3.63) is 0 Å². The van der Waals surface area contributed by atoms with Gasteiger partial charge in [0.1, 0.15) is 0 Å². The minimum atomic E-state index is 0.0925. The molecular weight excluding hydrogens is 118 g/mol. The number of hydrogen-bond donors (Lipinski definition) is 2. The van der Waals surface area contributed by atoms with Crippen molar-refractivity contribution >= 4 is 0 Å². The van der Waals surface area contributed by atoms with Gasteiger partial charge in [-0.3, -0.25) is 0 Å². The molecule has 1 unspecified atom stereocenters. The zero-order valence-electron chi connectivity index (χ0n) is 5.84. The predicted molar refractivity (Wildman–Crippen MR) is 36.2 cm³/mol. The van der Waals surface area contributed by atoms with E-state index < -0.39 is 0 Å². The van der Waals surface area contributed by atoms with Crippen LogP contribution in [0.4, 0.5) is 0 Å². The zero-order valence-corrected chi connectivity index (χ0v) is 5.84. The Labute approximate surface area is 55.8 Å². The second-order valence-electron chi connectivity index (χ2n) is 2.05. The molecule has 0 radical (unpaired) electrons. The Morgan fingerprint density at radius 2 is 2.22 bits per heavy atom. The molecule has 0 bridgehead atoms. The Bertz CT molecular complexity index is 59.0. The fourth-order valence-corrected chi connectivity index (χ4v) is 0.579. The number of ether oxygens (including phenoxy) is 1. The molecule has 1 atom stereocenters. The maximum atomic E-state index is 8.42. The summed E-state index contributed by atoms with van der Waals surface area (Å²) in [6.07, 6.45) is 1.50. The van der Waals surface area contributed by atoms with E-state index in [-0.39, 0.29) is 12.6 Å². The molecular formula is C6H15NO2. The van der Waals surface area contributed by atoms with Crippen LogP contribution in [0.2, 0.25) is 0 Å². The minimum absolute atomic E-state index is 0.0925. The van der Waals surface area contributed by atoms with Crippen LogP contribution in [0.25, 0.3) is 0 Å². The van der Waals surface area contributed by atoms with E-state index >= 15 is 0 Å². The summed E-state index contributed by atoms with van der Waals surface area (Å²) in [5, 5.41) is 8.42. The highest BCUT2D eigenvalue weighted by Crippen LogP contribution is 1.92. The summed E-state index contributed by atoms with van der Waals surface area (Å²) in [5.41, 5.74) is 5.53. The number of hydrogen-bond acceptors (Lipinski definition) is 3. The van der Waals surface area contributed by atoms with Crippen molar-refractivity contribution in [2.45, 2.75) is 18.9 Å². The van der Waals surface area contributed by atoms with Gasteiger partial charge in [-0.05, 0) is 12.8 Å². The maximum absolute atomic E-state index is 8.42. The quantitative estimate of drug-likeness (QED) is 0.543. The lowest BCUT2D eigenvalue weighted by molar-refractivity contribution is 0.181. The summed E-state index contributed by atoms with van der Waals surface area (Å²) in [4.78, 5) is 0. The summed E-state index contributed by atoms with van der Waals surface area (Å²) >= 11 is 0.